The molecule has 2 aromatic carbocycles. The van der Waals surface area contributed by atoms with Gasteiger partial charge < -0.3 is 14.4 Å². The predicted octanol–water partition coefficient (Wildman–Crippen LogP) is 5.57. The number of nitrogens with zero attached hydrogens (tertiary/aromatic N) is 3. The Balaban J connectivity index is 1.47. The summed E-state index contributed by atoms with van der Waals surface area (Å²) in [5.74, 6) is 1.34. The minimum absolute atomic E-state index is 0.00606. The molecule has 1 aliphatic rings. The smallest absolute Gasteiger partial charge is 0.244 e. The molecule has 0 aliphatic carbocycles. The number of carbonyl (C=O) groups excluding carboxylic acids is 1. The van der Waals surface area contributed by atoms with Crippen LogP contribution in [-0.4, -0.2) is 33.7 Å². The van der Waals surface area contributed by atoms with Crippen molar-refractivity contribution in [2.24, 2.45) is 0 Å². The zero-order valence-corrected chi connectivity index (χ0v) is 20.3. The van der Waals surface area contributed by atoms with E-state index >= 15 is 0 Å². The van der Waals surface area contributed by atoms with E-state index in [4.69, 9.17) is 21.1 Å². The van der Waals surface area contributed by atoms with Gasteiger partial charge in [0.25, 0.3) is 0 Å². The second-order valence-electron chi connectivity index (χ2n) is 8.21. The Labute approximate surface area is 207 Å². The third-order valence-electron chi connectivity index (χ3n) is 5.66. The van der Waals surface area contributed by atoms with Gasteiger partial charge in [0.2, 0.25) is 5.91 Å². The third kappa shape index (κ3) is 5.11. The number of aryl methyl sites for hydroxylation is 1. The van der Waals surface area contributed by atoms with Crippen molar-refractivity contribution in [2.75, 3.05) is 13.2 Å². The van der Waals surface area contributed by atoms with E-state index in [0.29, 0.717) is 42.8 Å². The summed E-state index contributed by atoms with van der Waals surface area (Å²) in [7, 11) is 0. The van der Waals surface area contributed by atoms with Crippen molar-refractivity contribution in [1.29, 1.82) is 0 Å². The number of hydrogen-bond acceptors (Lipinski definition) is 5. The van der Waals surface area contributed by atoms with Crippen LogP contribution in [-0.2, 0) is 24.5 Å². The van der Waals surface area contributed by atoms with Crippen LogP contribution in [0.2, 0.25) is 5.02 Å². The number of thiophene rings is 1. The Morgan fingerprint density at radius 3 is 2.88 bits per heavy atom. The number of amides is 1. The summed E-state index contributed by atoms with van der Waals surface area (Å²) in [4.78, 5) is 14.9. The Kier molecular flexibility index (Phi) is 6.56. The van der Waals surface area contributed by atoms with Gasteiger partial charge in [0.15, 0.2) is 11.5 Å². The molecule has 0 bridgehead atoms. The maximum Gasteiger partial charge on any atom is 0.244 e. The maximum absolute atomic E-state index is 13.1. The Morgan fingerprint density at radius 2 is 2.12 bits per heavy atom. The highest BCUT2D eigenvalue weighted by atomic mass is 35.5. The lowest BCUT2D eigenvalue weighted by molar-refractivity contribution is -0.132. The molecule has 0 atom stereocenters. The first-order chi connectivity index (χ1) is 16.5. The van der Waals surface area contributed by atoms with Crippen LogP contribution < -0.4 is 9.47 Å². The number of fused-ring (bicyclic) bond motifs is 1. The summed E-state index contributed by atoms with van der Waals surface area (Å²) in [6.45, 7) is 3.86. The number of ether oxygens (including phenoxy) is 2. The van der Waals surface area contributed by atoms with Crippen molar-refractivity contribution < 1.29 is 14.3 Å². The van der Waals surface area contributed by atoms with Gasteiger partial charge >= 0.3 is 0 Å². The molecule has 3 heterocycles. The molecule has 0 radical (unpaired) electrons. The van der Waals surface area contributed by atoms with Gasteiger partial charge in [0, 0.05) is 23.3 Å². The minimum Gasteiger partial charge on any atom is -0.487 e. The molecule has 0 fully saturated rings. The number of carbonyl (C=O) groups is 1. The average molecular weight is 494 g/mol. The molecule has 174 valence electrons. The van der Waals surface area contributed by atoms with E-state index < -0.39 is 0 Å². The SMILES string of the molecule is Cc1ccn(CC(=O)N2CCOc3c(cc(-c4cccc(Cl)c4)cc3OCc3ccsc3)C2)n1. The summed E-state index contributed by atoms with van der Waals surface area (Å²) in [6, 6.07) is 15.7. The van der Waals surface area contributed by atoms with Gasteiger partial charge in [-0.05, 0) is 70.8 Å². The van der Waals surface area contributed by atoms with Crippen molar-refractivity contribution >= 4 is 28.8 Å². The molecular formula is C26H24ClN3O3S. The molecule has 0 N–H and O–H groups in total. The molecule has 1 aliphatic heterocycles. The number of aromatic nitrogens is 2. The highest BCUT2D eigenvalue weighted by molar-refractivity contribution is 7.07. The van der Waals surface area contributed by atoms with E-state index in [0.717, 1.165) is 27.9 Å². The molecule has 5 rings (SSSR count). The van der Waals surface area contributed by atoms with Crippen LogP contribution in [0.4, 0.5) is 0 Å². The summed E-state index contributed by atoms with van der Waals surface area (Å²) in [5.41, 5.74) is 4.83. The second-order valence-corrected chi connectivity index (χ2v) is 9.43. The van der Waals surface area contributed by atoms with Crippen LogP contribution in [0.1, 0.15) is 16.8 Å². The largest absolute Gasteiger partial charge is 0.487 e. The molecule has 2 aromatic heterocycles. The Morgan fingerprint density at radius 1 is 1.21 bits per heavy atom. The standard InChI is InChI=1S/C26H24ClN3O3S/c1-18-5-7-30(28-18)15-25(31)29-8-9-32-26-22(14-29)11-21(20-3-2-4-23(27)12-20)13-24(26)33-16-19-6-10-34-17-19/h2-7,10-13,17H,8-9,14-16H2,1H3. The van der Waals surface area contributed by atoms with Crippen molar-refractivity contribution in [3.63, 3.8) is 0 Å². The number of halogens is 1. The van der Waals surface area contributed by atoms with E-state index in [1.807, 2.05) is 65.9 Å². The third-order valence-corrected chi connectivity index (χ3v) is 6.62. The van der Waals surface area contributed by atoms with Gasteiger partial charge in [-0.25, -0.2) is 0 Å². The van der Waals surface area contributed by atoms with Crippen molar-refractivity contribution in [1.82, 2.24) is 14.7 Å². The predicted molar refractivity (Wildman–Crippen MR) is 133 cm³/mol. The highest BCUT2D eigenvalue weighted by Gasteiger charge is 2.24. The summed E-state index contributed by atoms with van der Waals surface area (Å²) in [5, 5.41) is 9.10. The number of rotatable bonds is 6. The highest BCUT2D eigenvalue weighted by Crippen LogP contribution is 2.39. The molecule has 1 amide bonds. The summed E-state index contributed by atoms with van der Waals surface area (Å²) in [6.07, 6.45) is 1.82. The minimum atomic E-state index is -0.00606. The van der Waals surface area contributed by atoms with Gasteiger partial charge in [0.05, 0.1) is 12.2 Å². The van der Waals surface area contributed by atoms with E-state index in [2.05, 4.69) is 16.5 Å². The molecule has 0 unspecified atom stereocenters. The lowest BCUT2D eigenvalue weighted by Gasteiger charge is -2.20. The fourth-order valence-corrected chi connectivity index (χ4v) is 4.81. The average Bonchev–Trinajstić information content (AvgIpc) is 3.43. The first-order valence-corrected chi connectivity index (χ1v) is 12.3. The fraction of sp³-hybridized carbons (Fsp3) is 0.231. The van der Waals surface area contributed by atoms with Gasteiger partial charge in [-0.2, -0.15) is 16.4 Å². The fourth-order valence-electron chi connectivity index (χ4n) is 3.96. The second kappa shape index (κ2) is 9.91. The quantitative estimate of drug-likeness (QED) is 0.352. The normalized spacial score (nSPS) is 13.2. The Hall–Kier alpha value is -3.29. The number of hydrogen-bond donors (Lipinski definition) is 0. The van der Waals surface area contributed by atoms with Crippen LogP contribution in [0.25, 0.3) is 11.1 Å². The van der Waals surface area contributed by atoms with Gasteiger partial charge in [0.1, 0.15) is 19.8 Å². The van der Waals surface area contributed by atoms with Crippen LogP contribution in [0.5, 0.6) is 11.5 Å². The molecule has 0 spiro atoms. The molecule has 4 aromatic rings. The lowest BCUT2D eigenvalue weighted by atomic mass is 10.0. The lowest BCUT2D eigenvalue weighted by Crippen LogP contribution is -2.35. The molecule has 34 heavy (non-hydrogen) atoms. The van der Waals surface area contributed by atoms with Gasteiger partial charge in [-0.3, -0.25) is 9.48 Å². The summed E-state index contributed by atoms with van der Waals surface area (Å²) >= 11 is 7.90. The van der Waals surface area contributed by atoms with E-state index in [1.165, 1.54) is 0 Å². The van der Waals surface area contributed by atoms with Gasteiger partial charge in [-0.1, -0.05) is 23.7 Å². The first kappa shape index (κ1) is 22.5. The Bertz CT molecular complexity index is 1300. The molecule has 0 saturated heterocycles. The van der Waals surface area contributed by atoms with Crippen molar-refractivity contribution in [3.8, 4) is 22.6 Å². The first-order valence-electron chi connectivity index (χ1n) is 11.0. The zero-order chi connectivity index (χ0) is 23.5. The molecular weight excluding hydrogens is 470 g/mol. The van der Waals surface area contributed by atoms with E-state index in [9.17, 15) is 4.79 Å². The van der Waals surface area contributed by atoms with E-state index in [-0.39, 0.29) is 12.5 Å². The summed E-state index contributed by atoms with van der Waals surface area (Å²) < 4.78 is 14.0. The van der Waals surface area contributed by atoms with E-state index in [1.54, 1.807) is 16.0 Å². The maximum atomic E-state index is 13.1. The monoisotopic (exact) mass is 493 g/mol. The molecule has 8 heteroatoms. The number of benzene rings is 2. The molecule has 6 nitrogen and oxygen atoms in total. The van der Waals surface area contributed by atoms with Crippen molar-refractivity contribution in [2.45, 2.75) is 26.6 Å². The van der Waals surface area contributed by atoms with Crippen LogP contribution in [0.3, 0.4) is 0 Å². The van der Waals surface area contributed by atoms with Crippen LogP contribution in [0.15, 0.2) is 65.5 Å². The van der Waals surface area contributed by atoms with Crippen molar-refractivity contribution in [3.05, 3.63) is 87.3 Å². The van der Waals surface area contributed by atoms with Gasteiger partial charge in [-0.15, -0.1) is 0 Å². The zero-order valence-electron chi connectivity index (χ0n) is 18.7. The topological polar surface area (TPSA) is 56.6 Å². The molecule has 0 saturated carbocycles. The van der Waals surface area contributed by atoms with Crippen LogP contribution in [0, 0.1) is 6.92 Å². The van der Waals surface area contributed by atoms with Crippen LogP contribution >= 0.6 is 22.9 Å².